The standard InChI is InChI=1S/C16H17ClN4O6S/c1-3-20-4-9(17)10(19-20)13(23)18-11-14(24)21-12(16(25)26)8(5-27-7(2)22)6-28-15(11)21/h4,11,15H,3,5-6H2,1-2H3,(H,18,23)(H,25,26)/t11-,15-/m1/s1. The number of nitrogens with one attached hydrogen (secondary N) is 1. The number of hydrogen-bond acceptors (Lipinski definition) is 7. The van der Waals surface area contributed by atoms with Gasteiger partial charge in [-0.3, -0.25) is 24.0 Å². The smallest absolute Gasteiger partial charge is 0.352 e. The molecule has 2 aliphatic rings. The van der Waals surface area contributed by atoms with Crippen LogP contribution in [0.5, 0.6) is 0 Å². The Morgan fingerprint density at radius 2 is 2.18 bits per heavy atom. The molecule has 1 aromatic heterocycles. The van der Waals surface area contributed by atoms with Gasteiger partial charge in [-0.05, 0) is 6.92 Å². The van der Waals surface area contributed by atoms with E-state index >= 15 is 0 Å². The van der Waals surface area contributed by atoms with Gasteiger partial charge >= 0.3 is 11.9 Å². The number of aryl methyl sites for hydroxylation is 1. The Morgan fingerprint density at radius 1 is 1.46 bits per heavy atom. The third kappa shape index (κ3) is 3.59. The molecule has 1 saturated heterocycles. The molecule has 0 bridgehead atoms. The fourth-order valence-electron chi connectivity index (χ4n) is 2.91. The molecule has 2 aliphatic heterocycles. The highest BCUT2D eigenvalue weighted by Gasteiger charge is 2.54. The first-order valence-corrected chi connectivity index (χ1v) is 9.74. The Bertz CT molecular complexity index is 898. The normalized spacial score (nSPS) is 21.1. The summed E-state index contributed by atoms with van der Waals surface area (Å²) in [4.78, 5) is 48.7. The lowest BCUT2D eigenvalue weighted by atomic mass is 10.0. The zero-order chi connectivity index (χ0) is 20.6. The minimum Gasteiger partial charge on any atom is -0.477 e. The van der Waals surface area contributed by atoms with Gasteiger partial charge in [0.25, 0.3) is 11.8 Å². The van der Waals surface area contributed by atoms with Crippen LogP contribution in [0.2, 0.25) is 5.02 Å². The number of fused-ring (bicyclic) bond motifs is 1. The van der Waals surface area contributed by atoms with Crippen molar-refractivity contribution in [3.8, 4) is 0 Å². The van der Waals surface area contributed by atoms with Crippen molar-refractivity contribution in [3.63, 3.8) is 0 Å². The van der Waals surface area contributed by atoms with Gasteiger partial charge in [-0.25, -0.2) is 4.79 Å². The van der Waals surface area contributed by atoms with Crippen molar-refractivity contribution in [1.29, 1.82) is 0 Å². The third-order valence-electron chi connectivity index (χ3n) is 4.24. The van der Waals surface area contributed by atoms with Crippen LogP contribution in [0, 0.1) is 0 Å². The monoisotopic (exact) mass is 428 g/mol. The first-order chi connectivity index (χ1) is 13.2. The Kier molecular flexibility index (Phi) is 5.66. The lowest BCUT2D eigenvalue weighted by Gasteiger charge is -2.49. The van der Waals surface area contributed by atoms with Crippen molar-refractivity contribution < 1.29 is 29.0 Å². The second-order valence-corrected chi connectivity index (χ2v) is 7.59. The Hall–Kier alpha value is -2.53. The number of thioether (sulfide) groups is 1. The fraction of sp³-hybridized carbons (Fsp3) is 0.438. The molecule has 3 heterocycles. The van der Waals surface area contributed by atoms with Gasteiger partial charge in [-0.15, -0.1) is 11.8 Å². The number of nitrogens with zero attached hydrogens (tertiary/aromatic N) is 3. The Morgan fingerprint density at radius 3 is 2.75 bits per heavy atom. The molecule has 0 unspecified atom stereocenters. The van der Waals surface area contributed by atoms with Crippen molar-refractivity contribution in [2.24, 2.45) is 0 Å². The summed E-state index contributed by atoms with van der Waals surface area (Å²) in [6.07, 6.45) is 1.51. The van der Waals surface area contributed by atoms with E-state index in [1.165, 1.54) is 29.6 Å². The van der Waals surface area contributed by atoms with Crippen molar-refractivity contribution in [3.05, 3.63) is 28.2 Å². The van der Waals surface area contributed by atoms with E-state index < -0.39 is 35.2 Å². The summed E-state index contributed by atoms with van der Waals surface area (Å²) >= 11 is 7.29. The number of ether oxygens (including phenoxy) is 1. The second kappa shape index (κ2) is 7.84. The fourth-order valence-corrected chi connectivity index (χ4v) is 4.47. The van der Waals surface area contributed by atoms with E-state index in [9.17, 15) is 24.3 Å². The zero-order valence-electron chi connectivity index (χ0n) is 15.0. The van der Waals surface area contributed by atoms with Gasteiger partial charge in [-0.2, -0.15) is 5.10 Å². The van der Waals surface area contributed by atoms with E-state index in [1.807, 2.05) is 6.92 Å². The molecular formula is C16H17ClN4O6S. The molecule has 2 N–H and O–H groups in total. The molecule has 1 aromatic rings. The predicted octanol–water partition coefficient (Wildman–Crippen LogP) is 0.472. The number of amides is 2. The molecule has 2 amide bonds. The Labute approximate surface area is 168 Å². The molecule has 0 radical (unpaired) electrons. The molecule has 0 aromatic carbocycles. The van der Waals surface area contributed by atoms with Crippen molar-refractivity contribution >= 4 is 47.1 Å². The van der Waals surface area contributed by atoms with Crippen LogP contribution in [0.1, 0.15) is 24.3 Å². The van der Waals surface area contributed by atoms with E-state index in [0.29, 0.717) is 12.1 Å². The minimum atomic E-state index is -1.30. The van der Waals surface area contributed by atoms with Crippen molar-refractivity contribution in [2.45, 2.75) is 31.8 Å². The molecule has 150 valence electrons. The number of halogens is 1. The van der Waals surface area contributed by atoms with Gasteiger partial charge in [0, 0.05) is 31.0 Å². The average molecular weight is 429 g/mol. The number of aliphatic carboxylic acids is 1. The molecule has 28 heavy (non-hydrogen) atoms. The van der Waals surface area contributed by atoms with Gasteiger partial charge in [0.15, 0.2) is 5.69 Å². The lowest BCUT2D eigenvalue weighted by Crippen LogP contribution is -2.70. The summed E-state index contributed by atoms with van der Waals surface area (Å²) < 4.78 is 6.37. The van der Waals surface area contributed by atoms with Crippen molar-refractivity contribution in [2.75, 3.05) is 12.4 Å². The molecule has 3 rings (SSSR count). The minimum absolute atomic E-state index is 0.000114. The predicted molar refractivity (Wildman–Crippen MR) is 98.6 cm³/mol. The maximum atomic E-state index is 12.5. The third-order valence-corrected chi connectivity index (χ3v) is 5.86. The first kappa shape index (κ1) is 20.2. The van der Waals surface area contributed by atoms with Crippen LogP contribution < -0.4 is 5.32 Å². The van der Waals surface area contributed by atoms with Crippen LogP contribution >= 0.6 is 23.4 Å². The molecule has 0 aliphatic carbocycles. The number of rotatable bonds is 6. The van der Waals surface area contributed by atoms with E-state index in [0.717, 1.165) is 4.90 Å². The molecule has 10 nitrogen and oxygen atoms in total. The summed E-state index contributed by atoms with van der Waals surface area (Å²) in [7, 11) is 0. The summed E-state index contributed by atoms with van der Waals surface area (Å²) in [5.74, 6) is -2.76. The van der Waals surface area contributed by atoms with E-state index in [1.54, 1.807) is 0 Å². The maximum Gasteiger partial charge on any atom is 0.352 e. The number of esters is 1. The average Bonchev–Trinajstić information content (AvgIpc) is 3.04. The second-order valence-electron chi connectivity index (χ2n) is 6.08. The van der Waals surface area contributed by atoms with Gasteiger partial charge < -0.3 is 15.2 Å². The SMILES string of the molecule is CCn1cc(Cl)c(C(=O)N[C@@H]2C(=O)N3C(C(=O)O)=C(COC(C)=O)CS[C@H]23)n1. The van der Waals surface area contributed by atoms with Crippen LogP contribution in [0.15, 0.2) is 17.5 Å². The largest absolute Gasteiger partial charge is 0.477 e. The van der Waals surface area contributed by atoms with Gasteiger partial charge in [-0.1, -0.05) is 11.6 Å². The van der Waals surface area contributed by atoms with E-state index in [2.05, 4.69) is 10.4 Å². The molecule has 0 saturated carbocycles. The van der Waals surface area contributed by atoms with Crippen LogP contribution in [0.4, 0.5) is 0 Å². The number of aromatic nitrogens is 2. The molecule has 12 heteroatoms. The number of β-lactam (4-membered cyclic amide) rings is 1. The Balaban J connectivity index is 1.76. The highest BCUT2D eigenvalue weighted by Crippen LogP contribution is 2.40. The summed E-state index contributed by atoms with van der Waals surface area (Å²) in [5.41, 5.74) is 0.112. The van der Waals surface area contributed by atoms with Gasteiger partial charge in [0.2, 0.25) is 0 Å². The van der Waals surface area contributed by atoms with Crippen LogP contribution in [-0.2, 0) is 25.7 Å². The number of carbonyl (C=O) groups excluding carboxylic acids is 3. The number of carboxylic acid groups (broad SMARTS) is 1. The molecular weight excluding hydrogens is 412 g/mol. The van der Waals surface area contributed by atoms with Gasteiger partial charge in [0.05, 0.1) is 5.02 Å². The van der Waals surface area contributed by atoms with Crippen LogP contribution in [-0.4, -0.2) is 67.3 Å². The highest BCUT2D eigenvalue weighted by molar-refractivity contribution is 8.00. The summed E-state index contributed by atoms with van der Waals surface area (Å²) in [6.45, 7) is 3.37. The highest BCUT2D eigenvalue weighted by atomic mass is 35.5. The maximum absolute atomic E-state index is 12.5. The lowest BCUT2D eigenvalue weighted by molar-refractivity contribution is -0.149. The summed E-state index contributed by atoms with van der Waals surface area (Å²) in [6, 6.07) is -0.898. The number of carboxylic acids is 1. The van der Waals surface area contributed by atoms with E-state index in [4.69, 9.17) is 16.3 Å². The molecule has 2 atom stereocenters. The zero-order valence-corrected chi connectivity index (χ0v) is 16.5. The molecule has 0 spiro atoms. The van der Waals surface area contributed by atoms with Crippen LogP contribution in [0.3, 0.4) is 0 Å². The van der Waals surface area contributed by atoms with Gasteiger partial charge in [0.1, 0.15) is 23.7 Å². The number of hydrogen-bond donors (Lipinski definition) is 2. The first-order valence-electron chi connectivity index (χ1n) is 8.31. The van der Waals surface area contributed by atoms with E-state index in [-0.39, 0.29) is 28.8 Å². The quantitative estimate of drug-likeness (QED) is 0.494. The summed E-state index contributed by atoms with van der Waals surface area (Å²) in [5, 5.41) is 15.7. The van der Waals surface area contributed by atoms with Crippen molar-refractivity contribution in [1.82, 2.24) is 20.0 Å². The van der Waals surface area contributed by atoms with Crippen LogP contribution in [0.25, 0.3) is 0 Å². The molecule has 1 fully saturated rings. The topological polar surface area (TPSA) is 131 Å². The number of carbonyl (C=O) groups is 4.